The zero-order chi connectivity index (χ0) is 26.1. The van der Waals surface area contributed by atoms with Crippen LogP contribution < -0.4 is 0 Å². The third-order valence-corrected chi connectivity index (χ3v) is 12.3. The van der Waals surface area contributed by atoms with Crippen molar-refractivity contribution in [2.45, 2.75) is 115 Å². The first-order valence-electron chi connectivity index (χ1n) is 14.8. The van der Waals surface area contributed by atoms with Gasteiger partial charge in [-0.25, -0.2) is 0 Å². The molecule has 1 aliphatic heterocycles. The number of ether oxygens (including phenoxy) is 2. The number of fused-ring (bicyclic) bond motifs is 4. The predicted molar refractivity (Wildman–Crippen MR) is 140 cm³/mol. The predicted octanol–water partition coefficient (Wildman–Crippen LogP) is 5.09. The highest BCUT2D eigenvalue weighted by atomic mass is 16.7. The number of aryl methyl sites for hydroxylation is 1. The molecule has 2 spiro atoms. The van der Waals surface area contributed by atoms with Crippen LogP contribution in [0.15, 0.2) is 18.2 Å². The summed E-state index contributed by atoms with van der Waals surface area (Å²) in [6.45, 7) is 9.91. The van der Waals surface area contributed by atoms with E-state index in [9.17, 15) is 15.0 Å². The maximum Gasteiger partial charge on any atom is 0.171 e. The number of hydrogen-bond acceptors (Lipinski definition) is 5. The second-order valence-corrected chi connectivity index (χ2v) is 14.7. The monoisotopic (exact) mass is 508 g/mol. The molecule has 0 amide bonds. The van der Waals surface area contributed by atoms with Gasteiger partial charge in [-0.2, -0.15) is 0 Å². The number of Topliss-reactive ketones (excluding diaryl/α,β-unsaturated/α-hetero) is 1. The van der Waals surface area contributed by atoms with Crippen LogP contribution in [0.4, 0.5) is 0 Å². The molecule has 2 N–H and O–H groups in total. The molecule has 0 aromatic heterocycles. The third-order valence-electron chi connectivity index (χ3n) is 12.3. The lowest BCUT2D eigenvalue weighted by atomic mass is 9.35. The summed E-state index contributed by atoms with van der Waals surface area (Å²) in [6.07, 6.45) is 7.01. The Hall–Kier alpha value is -1.27. The fourth-order valence-corrected chi connectivity index (χ4v) is 10.3. The Bertz CT molecular complexity index is 1150. The van der Waals surface area contributed by atoms with E-state index < -0.39 is 22.4 Å². The van der Waals surface area contributed by atoms with Gasteiger partial charge in [-0.3, -0.25) is 4.79 Å². The summed E-state index contributed by atoms with van der Waals surface area (Å²) in [4.78, 5) is 13.3. The number of carbonyl (C=O) groups excluding carboxylic acids is 1. The second kappa shape index (κ2) is 7.47. The molecule has 37 heavy (non-hydrogen) atoms. The maximum atomic E-state index is 13.3. The van der Waals surface area contributed by atoms with Crippen LogP contribution in [0, 0.1) is 28.1 Å². The van der Waals surface area contributed by atoms with Gasteiger partial charge in [0.25, 0.3) is 0 Å². The van der Waals surface area contributed by atoms with E-state index in [4.69, 9.17) is 9.47 Å². The molecule has 1 saturated heterocycles. The van der Waals surface area contributed by atoms with Gasteiger partial charge in [-0.05, 0) is 73.5 Å². The van der Waals surface area contributed by atoms with Crippen molar-refractivity contribution in [3.63, 3.8) is 0 Å². The Morgan fingerprint density at radius 1 is 1.00 bits per heavy atom. The largest absolute Gasteiger partial charge is 0.389 e. The first kappa shape index (κ1) is 24.7. The Kier molecular flexibility index (Phi) is 5.00. The highest BCUT2D eigenvalue weighted by Crippen LogP contribution is 2.75. The molecule has 5 nitrogen and oxygen atoms in total. The lowest BCUT2D eigenvalue weighted by Crippen LogP contribution is -2.78. The average Bonchev–Trinajstić information content (AvgIpc) is 3.15. The van der Waals surface area contributed by atoms with Gasteiger partial charge in [0.2, 0.25) is 0 Å². The van der Waals surface area contributed by atoms with Gasteiger partial charge in [0.1, 0.15) is 5.78 Å². The van der Waals surface area contributed by atoms with Gasteiger partial charge in [0.15, 0.2) is 5.79 Å². The molecule has 7 rings (SSSR count). The molecule has 1 aromatic rings. The minimum atomic E-state index is -1.08. The van der Waals surface area contributed by atoms with Crippen LogP contribution in [0.3, 0.4) is 0 Å². The average molecular weight is 509 g/mol. The van der Waals surface area contributed by atoms with Crippen molar-refractivity contribution in [2.24, 2.45) is 28.1 Å². The molecule has 1 unspecified atom stereocenters. The Labute approximate surface area is 221 Å². The van der Waals surface area contributed by atoms with Crippen molar-refractivity contribution in [3.05, 3.63) is 34.9 Å². The Morgan fingerprint density at radius 2 is 1.76 bits per heavy atom. The lowest BCUT2D eigenvalue weighted by molar-refractivity contribution is -0.377. The quantitative estimate of drug-likeness (QED) is 0.553. The number of aliphatic hydroxyl groups is 2. The van der Waals surface area contributed by atoms with Crippen molar-refractivity contribution < 1.29 is 24.5 Å². The molecule has 6 aliphatic rings. The van der Waals surface area contributed by atoms with Gasteiger partial charge < -0.3 is 19.7 Å². The summed E-state index contributed by atoms with van der Waals surface area (Å²) >= 11 is 0. The van der Waals surface area contributed by atoms with E-state index >= 15 is 0 Å². The van der Waals surface area contributed by atoms with Crippen LogP contribution in [-0.2, 0) is 27.1 Å². The zero-order valence-electron chi connectivity index (χ0n) is 23.1. The van der Waals surface area contributed by atoms with Crippen molar-refractivity contribution in [3.8, 4) is 0 Å². The molecule has 5 heteroatoms. The number of carbonyl (C=O) groups is 1. The highest BCUT2D eigenvalue weighted by Gasteiger charge is 2.78. The summed E-state index contributed by atoms with van der Waals surface area (Å²) in [6, 6.07) is 6.76. The van der Waals surface area contributed by atoms with Crippen LogP contribution in [0.1, 0.15) is 102 Å². The lowest BCUT2D eigenvalue weighted by Gasteiger charge is -2.73. The van der Waals surface area contributed by atoms with E-state index in [1.807, 2.05) is 0 Å². The molecular formula is C32H44O5. The SMILES string of the molecule is CCc1ccc2c(c1)C[C@]13CCC4(C[C@]1(O)CC[C@H]1[C@@H]5CCC(=O)[C@@]5(C)CC2[C@@]13O)OCC(C)(C)CO4. The summed E-state index contributed by atoms with van der Waals surface area (Å²) in [5, 5.41) is 26.0. The van der Waals surface area contributed by atoms with Crippen molar-refractivity contribution in [2.75, 3.05) is 13.2 Å². The molecule has 0 bridgehead atoms. The van der Waals surface area contributed by atoms with Gasteiger partial charge in [-0.1, -0.05) is 45.9 Å². The normalized spacial score (nSPS) is 47.1. The molecule has 1 heterocycles. The van der Waals surface area contributed by atoms with E-state index in [1.165, 1.54) is 16.7 Å². The molecular weight excluding hydrogens is 464 g/mol. The smallest absolute Gasteiger partial charge is 0.171 e. The van der Waals surface area contributed by atoms with Crippen LogP contribution in [0.5, 0.6) is 0 Å². The summed E-state index contributed by atoms with van der Waals surface area (Å²) < 4.78 is 12.9. The molecule has 1 aromatic carbocycles. The fourth-order valence-electron chi connectivity index (χ4n) is 10.3. The van der Waals surface area contributed by atoms with Crippen LogP contribution >= 0.6 is 0 Å². The number of hydrogen-bond donors (Lipinski definition) is 2. The maximum absolute atomic E-state index is 13.3. The van der Waals surface area contributed by atoms with E-state index in [1.54, 1.807) is 0 Å². The molecule has 202 valence electrons. The van der Waals surface area contributed by atoms with Crippen molar-refractivity contribution in [1.29, 1.82) is 0 Å². The first-order valence-corrected chi connectivity index (χ1v) is 14.8. The van der Waals surface area contributed by atoms with Gasteiger partial charge in [0.05, 0.1) is 24.4 Å². The minimum absolute atomic E-state index is 0.0307. The summed E-state index contributed by atoms with van der Waals surface area (Å²) in [7, 11) is 0. The second-order valence-electron chi connectivity index (χ2n) is 14.7. The Morgan fingerprint density at radius 3 is 2.49 bits per heavy atom. The molecule has 4 saturated carbocycles. The number of benzene rings is 1. The summed E-state index contributed by atoms with van der Waals surface area (Å²) in [5.74, 6) is -0.308. The van der Waals surface area contributed by atoms with Crippen LogP contribution in [0.2, 0.25) is 0 Å². The van der Waals surface area contributed by atoms with E-state index in [0.717, 1.165) is 19.3 Å². The van der Waals surface area contributed by atoms with Crippen LogP contribution in [-0.4, -0.2) is 46.2 Å². The van der Waals surface area contributed by atoms with E-state index in [-0.39, 0.29) is 28.6 Å². The zero-order valence-corrected chi connectivity index (χ0v) is 23.1. The fraction of sp³-hybridized carbons (Fsp3) is 0.781. The standard InChI is InChI=1S/C32H44O5/c1-5-20-6-7-22-21(14-20)15-29-12-13-31(36-18-27(2,3)19-37-31)17-30(29,34)11-10-24-23-8-9-26(33)28(23,4)16-25(22)32(24,29)35/h6-7,14,23-25,34-35H,5,8-13,15-19H2,1-4H3/t23-,24-,25?,28-,29+,30+,32-/m0/s1. The number of rotatable bonds is 1. The number of ketones is 1. The summed E-state index contributed by atoms with van der Waals surface area (Å²) in [5.41, 5.74) is 0.583. The van der Waals surface area contributed by atoms with Gasteiger partial charge >= 0.3 is 0 Å². The molecule has 5 aliphatic carbocycles. The topological polar surface area (TPSA) is 76.0 Å². The van der Waals surface area contributed by atoms with Gasteiger partial charge in [-0.15, -0.1) is 0 Å². The molecule has 0 radical (unpaired) electrons. The Balaban J connectivity index is 1.38. The molecule has 5 fully saturated rings. The molecule has 7 atom stereocenters. The van der Waals surface area contributed by atoms with E-state index in [0.29, 0.717) is 63.9 Å². The van der Waals surface area contributed by atoms with Gasteiger partial charge in [0, 0.05) is 41.4 Å². The highest BCUT2D eigenvalue weighted by molar-refractivity contribution is 5.87. The minimum Gasteiger partial charge on any atom is -0.389 e. The van der Waals surface area contributed by atoms with Crippen LogP contribution in [0.25, 0.3) is 0 Å². The van der Waals surface area contributed by atoms with E-state index in [2.05, 4.69) is 45.9 Å². The van der Waals surface area contributed by atoms with Crippen molar-refractivity contribution >= 4 is 5.78 Å². The van der Waals surface area contributed by atoms with Crippen molar-refractivity contribution in [1.82, 2.24) is 0 Å². The third kappa shape index (κ3) is 2.98. The first-order chi connectivity index (χ1) is 17.4.